The van der Waals surface area contributed by atoms with Gasteiger partial charge in [-0.2, -0.15) is 0 Å². The van der Waals surface area contributed by atoms with E-state index in [1.807, 2.05) is 12.1 Å². The summed E-state index contributed by atoms with van der Waals surface area (Å²) in [5.41, 5.74) is 7.19. The predicted octanol–water partition coefficient (Wildman–Crippen LogP) is 0.607. The predicted molar refractivity (Wildman–Crippen MR) is 58.5 cm³/mol. The van der Waals surface area contributed by atoms with Crippen molar-refractivity contribution in [3.05, 3.63) is 54.2 Å². The summed E-state index contributed by atoms with van der Waals surface area (Å²) in [4.78, 5) is 11.2. The van der Waals surface area contributed by atoms with E-state index >= 15 is 0 Å². The highest BCUT2D eigenvalue weighted by molar-refractivity contribution is 5.94. The van der Waals surface area contributed by atoms with E-state index in [2.05, 4.69) is 17.2 Å². The van der Waals surface area contributed by atoms with Crippen molar-refractivity contribution in [1.82, 2.24) is 15.0 Å². The van der Waals surface area contributed by atoms with E-state index in [0.29, 0.717) is 17.8 Å². The van der Waals surface area contributed by atoms with E-state index in [1.165, 1.54) is 0 Å². The Balaban J connectivity index is 2.31. The van der Waals surface area contributed by atoms with Crippen LogP contribution < -0.4 is 5.73 Å². The van der Waals surface area contributed by atoms with Crippen molar-refractivity contribution < 1.29 is 4.79 Å². The van der Waals surface area contributed by atoms with Gasteiger partial charge in [0.1, 0.15) is 0 Å². The van der Waals surface area contributed by atoms with Gasteiger partial charge in [0.05, 0.1) is 12.2 Å². The zero-order valence-electron chi connectivity index (χ0n) is 8.63. The second-order valence-electron chi connectivity index (χ2n) is 3.43. The molecule has 1 aromatic carbocycles. The molecular formula is C11H11N4O. The number of nitrogens with two attached hydrogens (primary N) is 1. The Kier molecular flexibility index (Phi) is 2.68. The van der Waals surface area contributed by atoms with E-state index in [-0.39, 0.29) is 0 Å². The minimum atomic E-state index is -0.439. The lowest BCUT2D eigenvalue weighted by Gasteiger charge is -2.05. The van der Waals surface area contributed by atoms with Gasteiger partial charge in [-0.25, -0.2) is 4.68 Å². The van der Waals surface area contributed by atoms with Crippen molar-refractivity contribution in [2.45, 2.75) is 6.54 Å². The number of nitrogens with zero attached hydrogens (tertiary/aromatic N) is 3. The average Bonchev–Trinajstić information content (AvgIpc) is 2.64. The standard InChI is InChI=1S/C11H11N4O/c1-8-6-15(14-13-8)7-9-4-2-3-5-10(9)11(12)16/h2-6H,1,7H2,(H2,12,16). The maximum atomic E-state index is 11.2. The van der Waals surface area contributed by atoms with E-state index in [9.17, 15) is 4.79 Å². The molecule has 1 heterocycles. The zero-order valence-corrected chi connectivity index (χ0v) is 8.63. The first kappa shape index (κ1) is 10.4. The Morgan fingerprint density at radius 1 is 1.44 bits per heavy atom. The Morgan fingerprint density at radius 3 is 2.81 bits per heavy atom. The first-order chi connectivity index (χ1) is 7.66. The number of aromatic nitrogens is 3. The molecule has 0 saturated heterocycles. The summed E-state index contributed by atoms with van der Waals surface area (Å²) in [6.07, 6.45) is 1.71. The molecule has 0 fully saturated rings. The molecule has 1 amide bonds. The third kappa shape index (κ3) is 2.08. The first-order valence-electron chi connectivity index (χ1n) is 4.76. The number of hydrogen-bond acceptors (Lipinski definition) is 3. The van der Waals surface area contributed by atoms with Gasteiger partial charge in [0, 0.05) is 11.8 Å². The van der Waals surface area contributed by atoms with Crippen molar-refractivity contribution in [3.63, 3.8) is 0 Å². The topological polar surface area (TPSA) is 73.8 Å². The highest BCUT2D eigenvalue weighted by atomic mass is 16.1. The van der Waals surface area contributed by atoms with E-state index < -0.39 is 5.91 Å². The zero-order chi connectivity index (χ0) is 11.5. The lowest BCUT2D eigenvalue weighted by atomic mass is 10.1. The number of carbonyl (C=O) groups is 1. The lowest BCUT2D eigenvalue weighted by Crippen LogP contribution is -2.15. The molecule has 5 nitrogen and oxygen atoms in total. The molecule has 5 heteroatoms. The van der Waals surface area contributed by atoms with Crippen LogP contribution in [0.2, 0.25) is 0 Å². The maximum absolute atomic E-state index is 11.2. The molecule has 2 aromatic rings. The van der Waals surface area contributed by atoms with Crippen LogP contribution in [0.1, 0.15) is 21.6 Å². The monoisotopic (exact) mass is 215 g/mol. The van der Waals surface area contributed by atoms with Crippen LogP contribution in [-0.2, 0) is 6.54 Å². The van der Waals surface area contributed by atoms with Crippen molar-refractivity contribution in [2.75, 3.05) is 0 Å². The number of primary amides is 1. The molecule has 0 unspecified atom stereocenters. The van der Waals surface area contributed by atoms with Gasteiger partial charge in [0.25, 0.3) is 0 Å². The number of carbonyl (C=O) groups excluding carboxylic acids is 1. The fourth-order valence-corrected chi connectivity index (χ4v) is 1.49. The van der Waals surface area contributed by atoms with Crippen LogP contribution in [0.25, 0.3) is 0 Å². The Labute approximate surface area is 92.9 Å². The number of hydrogen-bond donors (Lipinski definition) is 1. The summed E-state index contributed by atoms with van der Waals surface area (Å²) < 4.78 is 1.62. The summed E-state index contributed by atoms with van der Waals surface area (Å²) in [5, 5.41) is 7.64. The first-order valence-corrected chi connectivity index (χ1v) is 4.76. The van der Waals surface area contributed by atoms with Crippen molar-refractivity contribution in [2.24, 2.45) is 5.73 Å². The molecule has 0 aliphatic rings. The normalized spacial score (nSPS) is 10.3. The summed E-state index contributed by atoms with van der Waals surface area (Å²) in [6.45, 7) is 4.11. The van der Waals surface area contributed by atoms with Crippen LogP contribution in [0, 0.1) is 6.92 Å². The third-order valence-corrected chi connectivity index (χ3v) is 2.20. The Morgan fingerprint density at radius 2 is 2.19 bits per heavy atom. The second kappa shape index (κ2) is 4.14. The molecular weight excluding hydrogens is 204 g/mol. The van der Waals surface area contributed by atoms with Gasteiger partial charge in [-0.3, -0.25) is 4.79 Å². The molecule has 0 spiro atoms. The molecule has 16 heavy (non-hydrogen) atoms. The second-order valence-corrected chi connectivity index (χ2v) is 3.43. The van der Waals surface area contributed by atoms with Gasteiger partial charge in [-0.1, -0.05) is 23.4 Å². The van der Waals surface area contributed by atoms with Crippen molar-refractivity contribution in [1.29, 1.82) is 0 Å². The van der Waals surface area contributed by atoms with Crippen LogP contribution >= 0.6 is 0 Å². The molecule has 81 valence electrons. The summed E-state index contributed by atoms with van der Waals surface area (Å²) in [6, 6.07) is 7.16. The lowest BCUT2D eigenvalue weighted by molar-refractivity contribution is 0.0999. The minimum absolute atomic E-state index is 0.439. The largest absolute Gasteiger partial charge is 0.366 e. The quantitative estimate of drug-likeness (QED) is 0.815. The molecule has 0 aliphatic carbocycles. The van der Waals surface area contributed by atoms with Gasteiger partial charge in [-0.05, 0) is 18.6 Å². The van der Waals surface area contributed by atoms with Crippen LogP contribution in [0.5, 0.6) is 0 Å². The maximum Gasteiger partial charge on any atom is 0.249 e. The molecule has 0 bridgehead atoms. The highest BCUT2D eigenvalue weighted by Crippen LogP contribution is 2.09. The molecule has 1 radical (unpaired) electrons. The van der Waals surface area contributed by atoms with Crippen LogP contribution in [-0.4, -0.2) is 20.9 Å². The van der Waals surface area contributed by atoms with Gasteiger partial charge in [0.15, 0.2) is 0 Å². The van der Waals surface area contributed by atoms with Crippen molar-refractivity contribution in [3.8, 4) is 0 Å². The van der Waals surface area contributed by atoms with Gasteiger partial charge < -0.3 is 5.73 Å². The Bertz CT molecular complexity index is 518. The fourth-order valence-electron chi connectivity index (χ4n) is 1.49. The SMILES string of the molecule is [CH2]c1cn(Cc2ccccc2C(N)=O)nn1. The van der Waals surface area contributed by atoms with Crippen LogP contribution in [0.15, 0.2) is 30.5 Å². The van der Waals surface area contributed by atoms with Gasteiger partial charge >= 0.3 is 0 Å². The van der Waals surface area contributed by atoms with E-state index in [0.717, 1.165) is 5.56 Å². The molecule has 2 N–H and O–H groups in total. The number of benzene rings is 1. The molecule has 0 atom stereocenters. The highest BCUT2D eigenvalue weighted by Gasteiger charge is 2.07. The third-order valence-electron chi connectivity index (χ3n) is 2.20. The molecule has 1 aromatic heterocycles. The van der Waals surface area contributed by atoms with Gasteiger partial charge in [0.2, 0.25) is 5.91 Å². The van der Waals surface area contributed by atoms with Gasteiger partial charge in [-0.15, -0.1) is 5.10 Å². The summed E-state index contributed by atoms with van der Waals surface area (Å²) in [5.74, 6) is -0.439. The summed E-state index contributed by atoms with van der Waals surface area (Å²) >= 11 is 0. The van der Waals surface area contributed by atoms with Crippen LogP contribution in [0.4, 0.5) is 0 Å². The molecule has 0 aliphatic heterocycles. The number of rotatable bonds is 3. The van der Waals surface area contributed by atoms with E-state index in [1.54, 1.807) is 23.0 Å². The van der Waals surface area contributed by atoms with Crippen LogP contribution in [0.3, 0.4) is 0 Å². The Hall–Kier alpha value is -2.17. The average molecular weight is 215 g/mol. The van der Waals surface area contributed by atoms with Crippen molar-refractivity contribution >= 4 is 5.91 Å². The molecule has 2 rings (SSSR count). The minimum Gasteiger partial charge on any atom is -0.366 e. The summed E-state index contributed by atoms with van der Waals surface area (Å²) in [7, 11) is 0. The number of amides is 1. The smallest absolute Gasteiger partial charge is 0.249 e. The fraction of sp³-hybridized carbons (Fsp3) is 0.0909. The molecule has 0 saturated carbocycles. The van der Waals surface area contributed by atoms with E-state index in [4.69, 9.17) is 5.73 Å².